The third kappa shape index (κ3) is 3.46. The summed E-state index contributed by atoms with van der Waals surface area (Å²) >= 11 is 0. The van der Waals surface area contributed by atoms with Crippen LogP contribution in [0.25, 0.3) is 0 Å². The number of unbranched alkanes of at least 4 members (excludes halogenated alkanes) is 1. The van der Waals surface area contributed by atoms with Crippen LogP contribution in [0.3, 0.4) is 0 Å². The Hall–Kier alpha value is -1.12. The van der Waals surface area contributed by atoms with E-state index in [9.17, 15) is 9.59 Å². The molecule has 0 radical (unpaired) electrons. The molecule has 3 nitrogen and oxygen atoms in total. The van der Waals surface area contributed by atoms with Crippen LogP contribution in [0, 0.1) is 23.7 Å². The van der Waals surface area contributed by atoms with Crippen LogP contribution in [0.4, 0.5) is 0 Å². The Labute approximate surface area is 115 Å². The van der Waals surface area contributed by atoms with Crippen molar-refractivity contribution in [2.75, 3.05) is 7.11 Å². The van der Waals surface area contributed by atoms with Crippen LogP contribution in [-0.2, 0) is 14.3 Å². The Kier molecular flexibility index (Phi) is 5.17. The number of carbonyl (C=O) groups is 2. The molecule has 0 aliphatic heterocycles. The second-order valence-corrected chi connectivity index (χ2v) is 5.89. The molecule has 2 rings (SSSR count). The van der Waals surface area contributed by atoms with Gasteiger partial charge < -0.3 is 9.53 Å². The van der Waals surface area contributed by atoms with Gasteiger partial charge in [0.05, 0.1) is 7.11 Å². The second-order valence-electron chi connectivity index (χ2n) is 5.89. The molecule has 2 bridgehead atoms. The van der Waals surface area contributed by atoms with Gasteiger partial charge in [0.25, 0.3) is 0 Å². The SMILES string of the molecule is COC(=O)CCC/C=C\C[C@H]1[C@H]2CC[C@H](C2)[C@@H]1C=O. The second kappa shape index (κ2) is 6.88. The highest BCUT2D eigenvalue weighted by atomic mass is 16.5. The Balaban J connectivity index is 1.67. The van der Waals surface area contributed by atoms with Crippen molar-refractivity contribution in [3.8, 4) is 0 Å². The van der Waals surface area contributed by atoms with E-state index in [1.807, 2.05) is 0 Å². The molecular formula is C16H24O3. The van der Waals surface area contributed by atoms with E-state index < -0.39 is 0 Å². The van der Waals surface area contributed by atoms with Crippen LogP contribution < -0.4 is 0 Å². The predicted molar refractivity (Wildman–Crippen MR) is 73.5 cm³/mol. The molecule has 0 aromatic carbocycles. The molecule has 2 aliphatic carbocycles. The fraction of sp³-hybridized carbons (Fsp3) is 0.750. The zero-order chi connectivity index (χ0) is 13.7. The van der Waals surface area contributed by atoms with Crippen molar-refractivity contribution in [1.29, 1.82) is 0 Å². The molecule has 0 spiro atoms. The summed E-state index contributed by atoms with van der Waals surface area (Å²) in [5, 5.41) is 0. The largest absolute Gasteiger partial charge is 0.469 e. The lowest BCUT2D eigenvalue weighted by atomic mass is 9.78. The normalized spacial score (nSPS) is 32.9. The van der Waals surface area contributed by atoms with Crippen molar-refractivity contribution in [2.24, 2.45) is 23.7 Å². The van der Waals surface area contributed by atoms with E-state index in [4.69, 9.17) is 0 Å². The molecule has 2 aliphatic rings. The summed E-state index contributed by atoms with van der Waals surface area (Å²) in [7, 11) is 1.42. The molecule has 19 heavy (non-hydrogen) atoms. The van der Waals surface area contributed by atoms with Gasteiger partial charge in [-0.1, -0.05) is 12.2 Å². The van der Waals surface area contributed by atoms with E-state index in [1.54, 1.807) is 0 Å². The van der Waals surface area contributed by atoms with Gasteiger partial charge in [-0.2, -0.15) is 0 Å². The van der Waals surface area contributed by atoms with Crippen molar-refractivity contribution < 1.29 is 14.3 Å². The summed E-state index contributed by atoms with van der Waals surface area (Å²) in [6.07, 6.45) is 12.7. The van der Waals surface area contributed by atoms with Crippen LogP contribution in [0.1, 0.15) is 44.9 Å². The maximum absolute atomic E-state index is 11.2. The van der Waals surface area contributed by atoms with Gasteiger partial charge in [0, 0.05) is 12.3 Å². The minimum atomic E-state index is -0.137. The topological polar surface area (TPSA) is 43.4 Å². The molecule has 4 atom stereocenters. The molecule has 0 unspecified atom stereocenters. The van der Waals surface area contributed by atoms with Gasteiger partial charge in [-0.3, -0.25) is 4.79 Å². The first-order valence-corrected chi connectivity index (χ1v) is 7.43. The third-order valence-electron chi connectivity index (χ3n) is 4.87. The first kappa shape index (κ1) is 14.3. The van der Waals surface area contributed by atoms with Crippen molar-refractivity contribution in [3.05, 3.63) is 12.2 Å². The van der Waals surface area contributed by atoms with Gasteiger partial charge in [-0.15, -0.1) is 0 Å². The van der Waals surface area contributed by atoms with Crippen molar-refractivity contribution in [1.82, 2.24) is 0 Å². The van der Waals surface area contributed by atoms with Crippen molar-refractivity contribution >= 4 is 12.3 Å². The standard InChI is InChI=1S/C16H24O3/c1-19-16(18)7-5-3-2-4-6-14-12-8-9-13(10-12)15(14)11-17/h2,4,11-15H,3,5-10H2,1H3/b4-2-/t12-,13+,14-,15-/m0/s1. The monoisotopic (exact) mass is 264 g/mol. The summed E-state index contributed by atoms with van der Waals surface area (Å²) in [6.45, 7) is 0. The van der Waals surface area contributed by atoms with Crippen molar-refractivity contribution in [3.63, 3.8) is 0 Å². The summed E-state index contributed by atoms with van der Waals surface area (Å²) in [4.78, 5) is 22.1. The average Bonchev–Trinajstić information content (AvgIpc) is 3.02. The third-order valence-corrected chi connectivity index (χ3v) is 4.87. The number of rotatable bonds is 7. The zero-order valence-electron chi connectivity index (χ0n) is 11.7. The van der Waals surface area contributed by atoms with Gasteiger partial charge in [0.2, 0.25) is 0 Å². The fourth-order valence-electron chi connectivity index (χ4n) is 3.85. The van der Waals surface area contributed by atoms with E-state index in [0.29, 0.717) is 24.2 Å². The highest BCUT2D eigenvalue weighted by Gasteiger charge is 2.46. The number of carbonyl (C=O) groups excluding carboxylic acids is 2. The van der Waals surface area contributed by atoms with E-state index in [2.05, 4.69) is 16.9 Å². The highest BCUT2D eigenvalue weighted by molar-refractivity contribution is 5.69. The number of aldehydes is 1. The number of ether oxygens (including phenoxy) is 1. The number of allylic oxidation sites excluding steroid dienone is 2. The Bertz CT molecular complexity index is 348. The maximum Gasteiger partial charge on any atom is 0.305 e. The molecule has 0 saturated heterocycles. The molecule has 0 aromatic heterocycles. The number of fused-ring (bicyclic) bond motifs is 2. The molecule has 3 heteroatoms. The van der Waals surface area contributed by atoms with Crippen molar-refractivity contribution in [2.45, 2.75) is 44.9 Å². The van der Waals surface area contributed by atoms with E-state index in [-0.39, 0.29) is 5.97 Å². The minimum absolute atomic E-state index is 0.137. The van der Waals surface area contributed by atoms with Gasteiger partial charge in [-0.05, 0) is 56.3 Å². The summed E-state index contributed by atoms with van der Waals surface area (Å²) in [6, 6.07) is 0. The molecular weight excluding hydrogens is 240 g/mol. The van der Waals surface area contributed by atoms with E-state index >= 15 is 0 Å². The summed E-state index contributed by atoms with van der Waals surface area (Å²) < 4.78 is 4.60. The number of hydrogen-bond donors (Lipinski definition) is 0. The molecule has 0 heterocycles. The Morgan fingerprint density at radius 3 is 2.79 bits per heavy atom. The molecule has 2 fully saturated rings. The lowest BCUT2D eigenvalue weighted by molar-refractivity contribution is -0.140. The molecule has 0 amide bonds. The fourth-order valence-corrected chi connectivity index (χ4v) is 3.85. The Morgan fingerprint density at radius 2 is 2.05 bits per heavy atom. The van der Waals surface area contributed by atoms with Gasteiger partial charge in [0.15, 0.2) is 0 Å². The first-order chi connectivity index (χ1) is 9.26. The molecule has 0 N–H and O–H groups in total. The summed E-state index contributed by atoms with van der Waals surface area (Å²) in [5.41, 5.74) is 0. The number of methoxy groups -OCH3 is 1. The van der Waals surface area contributed by atoms with Gasteiger partial charge >= 0.3 is 5.97 Å². The summed E-state index contributed by atoms with van der Waals surface area (Å²) in [5.74, 6) is 2.19. The van der Waals surface area contributed by atoms with Crippen LogP contribution in [0.15, 0.2) is 12.2 Å². The van der Waals surface area contributed by atoms with Crippen LogP contribution in [0.5, 0.6) is 0 Å². The molecule has 2 saturated carbocycles. The lowest BCUT2D eigenvalue weighted by Crippen LogP contribution is -2.22. The smallest absolute Gasteiger partial charge is 0.305 e. The Morgan fingerprint density at radius 1 is 1.26 bits per heavy atom. The lowest BCUT2D eigenvalue weighted by Gasteiger charge is -2.26. The quantitative estimate of drug-likeness (QED) is 0.307. The first-order valence-electron chi connectivity index (χ1n) is 7.43. The molecule has 0 aromatic rings. The average molecular weight is 264 g/mol. The predicted octanol–water partition coefficient (Wildman–Crippen LogP) is 3.14. The van der Waals surface area contributed by atoms with Gasteiger partial charge in [0.1, 0.15) is 6.29 Å². The van der Waals surface area contributed by atoms with E-state index in [0.717, 1.165) is 25.2 Å². The minimum Gasteiger partial charge on any atom is -0.469 e. The highest BCUT2D eigenvalue weighted by Crippen LogP contribution is 2.52. The number of esters is 1. The van der Waals surface area contributed by atoms with E-state index in [1.165, 1.54) is 32.7 Å². The van der Waals surface area contributed by atoms with Crippen LogP contribution in [-0.4, -0.2) is 19.4 Å². The number of hydrogen-bond acceptors (Lipinski definition) is 3. The van der Waals surface area contributed by atoms with Gasteiger partial charge in [-0.25, -0.2) is 0 Å². The zero-order valence-corrected chi connectivity index (χ0v) is 11.7. The maximum atomic E-state index is 11.2. The van der Waals surface area contributed by atoms with Crippen LogP contribution in [0.2, 0.25) is 0 Å². The van der Waals surface area contributed by atoms with Crippen LogP contribution >= 0.6 is 0 Å². The molecule has 106 valence electrons.